The van der Waals surface area contributed by atoms with Gasteiger partial charge in [0.05, 0.1) is 0 Å². The highest BCUT2D eigenvalue weighted by molar-refractivity contribution is 14.1. The summed E-state index contributed by atoms with van der Waals surface area (Å²) in [7, 11) is 0. The quantitative estimate of drug-likeness (QED) is 0.745. The molecular formula is C17H26IN. The molecule has 0 aliphatic heterocycles. The molecule has 0 atom stereocenters. The van der Waals surface area contributed by atoms with Crippen LogP contribution in [0.2, 0.25) is 0 Å². The number of rotatable bonds is 2. The van der Waals surface area contributed by atoms with Gasteiger partial charge < -0.3 is 5.73 Å². The summed E-state index contributed by atoms with van der Waals surface area (Å²) in [6.45, 7) is 7.08. The van der Waals surface area contributed by atoms with Crippen LogP contribution in [0.15, 0.2) is 24.3 Å². The second kappa shape index (κ2) is 5.72. The summed E-state index contributed by atoms with van der Waals surface area (Å²) in [4.78, 5) is 0. The van der Waals surface area contributed by atoms with E-state index in [2.05, 4.69) is 67.6 Å². The molecule has 0 aromatic heterocycles. The predicted molar refractivity (Wildman–Crippen MR) is 91.2 cm³/mol. The molecular weight excluding hydrogens is 345 g/mol. The van der Waals surface area contributed by atoms with Crippen LogP contribution >= 0.6 is 22.6 Å². The van der Waals surface area contributed by atoms with Gasteiger partial charge in [-0.25, -0.2) is 0 Å². The van der Waals surface area contributed by atoms with Crippen molar-refractivity contribution in [2.45, 2.75) is 58.4 Å². The van der Waals surface area contributed by atoms with E-state index >= 15 is 0 Å². The number of halogens is 1. The van der Waals surface area contributed by atoms with Crippen molar-refractivity contribution in [3.05, 3.63) is 33.4 Å². The number of hydrogen-bond acceptors (Lipinski definition) is 1. The SMILES string of the molecule is CC(C)(C)C1CCC(N)(Cc2ccc(I)cc2)CC1. The first kappa shape index (κ1) is 15.3. The van der Waals surface area contributed by atoms with Crippen LogP contribution in [0, 0.1) is 14.9 Å². The molecule has 1 fully saturated rings. The van der Waals surface area contributed by atoms with Crippen molar-refractivity contribution in [1.82, 2.24) is 0 Å². The summed E-state index contributed by atoms with van der Waals surface area (Å²) in [6, 6.07) is 8.82. The van der Waals surface area contributed by atoms with E-state index in [1.54, 1.807) is 0 Å². The summed E-state index contributed by atoms with van der Waals surface area (Å²) >= 11 is 2.35. The zero-order chi connectivity index (χ0) is 14.1. The van der Waals surface area contributed by atoms with Crippen molar-refractivity contribution in [3.8, 4) is 0 Å². The van der Waals surface area contributed by atoms with Gasteiger partial charge in [-0.2, -0.15) is 0 Å². The lowest BCUT2D eigenvalue weighted by Gasteiger charge is -2.42. The van der Waals surface area contributed by atoms with E-state index in [1.807, 2.05) is 0 Å². The fourth-order valence-corrected chi connectivity index (χ4v) is 3.60. The Hall–Kier alpha value is -0.0900. The summed E-state index contributed by atoms with van der Waals surface area (Å²) in [5.41, 5.74) is 8.48. The maximum absolute atomic E-state index is 6.63. The minimum absolute atomic E-state index is 0.0224. The third-order valence-electron chi connectivity index (χ3n) is 4.68. The summed E-state index contributed by atoms with van der Waals surface area (Å²) in [5.74, 6) is 0.834. The Morgan fingerprint density at radius 2 is 1.68 bits per heavy atom. The van der Waals surface area contributed by atoms with Crippen molar-refractivity contribution in [3.63, 3.8) is 0 Å². The van der Waals surface area contributed by atoms with Crippen LogP contribution in [-0.4, -0.2) is 5.54 Å². The molecule has 106 valence electrons. The van der Waals surface area contributed by atoms with E-state index in [0.29, 0.717) is 5.41 Å². The maximum atomic E-state index is 6.63. The van der Waals surface area contributed by atoms with Gasteiger partial charge in [0.25, 0.3) is 0 Å². The molecule has 1 aromatic carbocycles. The Kier molecular flexibility index (Phi) is 4.61. The summed E-state index contributed by atoms with van der Waals surface area (Å²) in [6.07, 6.45) is 5.93. The van der Waals surface area contributed by atoms with Gasteiger partial charge >= 0.3 is 0 Å². The van der Waals surface area contributed by atoms with Gasteiger partial charge in [-0.05, 0) is 83.7 Å². The average molecular weight is 371 g/mol. The lowest BCUT2D eigenvalue weighted by atomic mass is 9.66. The van der Waals surface area contributed by atoms with Crippen LogP contribution in [0.1, 0.15) is 52.0 Å². The van der Waals surface area contributed by atoms with E-state index in [9.17, 15) is 0 Å². The van der Waals surface area contributed by atoms with E-state index in [-0.39, 0.29) is 5.54 Å². The highest BCUT2D eigenvalue weighted by Gasteiger charge is 2.36. The van der Waals surface area contributed by atoms with Gasteiger partial charge in [0.1, 0.15) is 0 Å². The van der Waals surface area contributed by atoms with E-state index < -0.39 is 0 Å². The second-order valence-electron chi connectivity index (χ2n) is 7.31. The van der Waals surface area contributed by atoms with E-state index in [4.69, 9.17) is 5.73 Å². The van der Waals surface area contributed by atoms with Crippen LogP contribution in [0.5, 0.6) is 0 Å². The van der Waals surface area contributed by atoms with Crippen molar-refractivity contribution in [2.75, 3.05) is 0 Å². The molecule has 0 saturated heterocycles. The summed E-state index contributed by atoms with van der Waals surface area (Å²) in [5, 5.41) is 0. The normalized spacial score (nSPS) is 28.4. The highest BCUT2D eigenvalue weighted by Crippen LogP contribution is 2.41. The Balaban J connectivity index is 1.96. The predicted octanol–water partition coefficient (Wildman–Crippen LogP) is 4.77. The first-order valence-corrected chi connectivity index (χ1v) is 8.40. The topological polar surface area (TPSA) is 26.0 Å². The molecule has 0 radical (unpaired) electrons. The molecule has 1 aliphatic rings. The largest absolute Gasteiger partial charge is 0.325 e. The molecule has 2 rings (SSSR count). The third-order valence-corrected chi connectivity index (χ3v) is 5.39. The molecule has 2 N–H and O–H groups in total. The second-order valence-corrected chi connectivity index (χ2v) is 8.55. The third kappa shape index (κ3) is 4.19. The van der Waals surface area contributed by atoms with Gasteiger partial charge in [-0.3, -0.25) is 0 Å². The molecule has 0 amide bonds. The Labute approximate surface area is 131 Å². The molecule has 2 heteroatoms. The van der Waals surface area contributed by atoms with Crippen molar-refractivity contribution < 1.29 is 0 Å². The molecule has 1 saturated carbocycles. The molecule has 0 heterocycles. The summed E-state index contributed by atoms with van der Waals surface area (Å²) < 4.78 is 1.30. The molecule has 0 spiro atoms. The van der Waals surface area contributed by atoms with Crippen LogP contribution in [-0.2, 0) is 6.42 Å². The van der Waals surface area contributed by atoms with Crippen molar-refractivity contribution >= 4 is 22.6 Å². The average Bonchev–Trinajstić information content (AvgIpc) is 2.31. The Bertz CT molecular complexity index is 408. The highest BCUT2D eigenvalue weighted by atomic mass is 127. The first-order chi connectivity index (χ1) is 8.78. The smallest absolute Gasteiger partial charge is 0.0195 e. The zero-order valence-electron chi connectivity index (χ0n) is 12.4. The monoisotopic (exact) mass is 371 g/mol. The van der Waals surface area contributed by atoms with Gasteiger partial charge in [-0.15, -0.1) is 0 Å². The lowest BCUT2D eigenvalue weighted by Crippen LogP contribution is -2.46. The molecule has 0 bridgehead atoms. The van der Waals surface area contributed by atoms with Crippen LogP contribution in [0.4, 0.5) is 0 Å². The van der Waals surface area contributed by atoms with E-state index in [1.165, 1.54) is 34.8 Å². The van der Waals surface area contributed by atoms with Crippen molar-refractivity contribution in [2.24, 2.45) is 17.1 Å². The molecule has 1 nitrogen and oxygen atoms in total. The zero-order valence-corrected chi connectivity index (χ0v) is 14.5. The Morgan fingerprint density at radius 1 is 1.16 bits per heavy atom. The van der Waals surface area contributed by atoms with E-state index in [0.717, 1.165) is 12.3 Å². The van der Waals surface area contributed by atoms with Gasteiger partial charge in [0.2, 0.25) is 0 Å². The minimum Gasteiger partial charge on any atom is -0.325 e. The Morgan fingerprint density at radius 3 is 2.16 bits per heavy atom. The molecule has 1 aromatic rings. The van der Waals surface area contributed by atoms with Gasteiger partial charge in [0, 0.05) is 9.11 Å². The first-order valence-electron chi connectivity index (χ1n) is 7.32. The lowest BCUT2D eigenvalue weighted by molar-refractivity contribution is 0.134. The van der Waals surface area contributed by atoms with Crippen molar-refractivity contribution in [1.29, 1.82) is 0 Å². The van der Waals surface area contributed by atoms with Crippen LogP contribution < -0.4 is 5.73 Å². The van der Waals surface area contributed by atoms with Crippen LogP contribution in [0.25, 0.3) is 0 Å². The molecule has 0 unspecified atom stereocenters. The van der Waals surface area contributed by atoms with Gasteiger partial charge in [-0.1, -0.05) is 32.9 Å². The fraction of sp³-hybridized carbons (Fsp3) is 0.647. The molecule has 1 aliphatic carbocycles. The fourth-order valence-electron chi connectivity index (χ4n) is 3.24. The minimum atomic E-state index is 0.0224. The number of benzene rings is 1. The number of nitrogens with two attached hydrogens (primary N) is 1. The maximum Gasteiger partial charge on any atom is 0.0195 e. The standard InChI is InChI=1S/C17H26IN/c1-16(2,3)14-8-10-17(19,11-9-14)12-13-4-6-15(18)7-5-13/h4-7,14H,8-12,19H2,1-3H3. The number of hydrogen-bond donors (Lipinski definition) is 1. The van der Waals surface area contributed by atoms with Crippen LogP contribution in [0.3, 0.4) is 0 Å². The van der Waals surface area contributed by atoms with Gasteiger partial charge in [0.15, 0.2) is 0 Å². The molecule has 19 heavy (non-hydrogen) atoms.